The van der Waals surface area contributed by atoms with E-state index in [1.165, 1.54) is 10.7 Å². The standard InChI is InChI=1S/C22H19ClN4O4/c1-29-17-11-15(12-18(13-17)30-2)22-24-20(31-26-22)9-10-27-21(28)8-7-19(25-27)14-3-5-16(23)6-4-14/h3-8,11-13H,9-10H2,1-2H3. The van der Waals surface area contributed by atoms with Gasteiger partial charge in [0.2, 0.25) is 11.7 Å². The number of aryl methyl sites for hydroxylation is 2. The number of hydrogen-bond donors (Lipinski definition) is 0. The van der Waals surface area contributed by atoms with E-state index in [9.17, 15) is 4.79 Å². The lowest BCUT2D eigenvalue weighted by atomic mass is 10.1. The highest BCUT2D eigenvalue weighted by Gasteiger charge is 2.12. The topological polar surface area (TPSA) is 92.3 Å². The SMILES string of the molecule is COc1cc(OC)cc(-c2noc(CCn3nc(-c4ccc(Cl)cc4)ccc3=O)n2)c1. The van der Waals surface area contributed by atoms with Crippen molar-refractivity contribution in [3.63, 3.8) is 0 Å². The van der Waals surface area contributed by atoms with Crippen LogP contribution in [0, 0.1) is 0 Å². The van der Waals surface area contributed by atoms with Crippen LogP contribution in [0.25, 0.3) is 22.6 Å². The third-order valence-electron chi connectivity index (χ3n) is 4.62. The smallest absolute Gasteiger partial charge is 0.266 e. The predicted octanol–water partition coefficient (Wildman–Crippen LogP) is 3.87. The molecule has 0 bridgehead atoms. The van der Waals surface area contributed by atoms with Crippen LogP contribution < -0.4 is 15.0 Å². The minimum Gasteiger partial charge on any atom is -0.497 e. The van der Waals surface area contributed by atoms with Gasteiger partial charge in [0.1, 0.15) is 11.5 Å². The molecule has 9 heteroatoms. The fourth-order valence-corrected chi connectivity index (χ4v) is 3.12. The summed E-state index contributed by atoms with van der Waals surface area (Å²) in [7, 11) is 3.15. The lowest BCUT2D eigenvalue weighted by Crippen LogP contribution is -2.23. The number of methoxy groups -OCH3 is 2. The normalized spacial score (nSPS) is 10.8. The van der Waals surface area contributed by atoms with Crippen molar-refractivity contribution in [2.24, 2.45) is 0 Å². The van der Waals surface area contributed by atoms with Crippen LogP contribution in [0.5, 0.6) is 11.5 Å². The van der Waals surface area contributed by atoms with Gasteiger partial charge in [-0.2, -0.15) is 10.1 Å². The van der Waals surface area contributed by atoms with E-state index in [0.29, 0.717) is 52.5 Å². The minimum atomic E-state index is -0.213. The monoisotopic (exact) mass is 438 g/mol. The lowest BCUT2D eigenvalue weighted by molar-refractivity contribution is 0.367. The van der Waals surface area contributed by atoms with Crippen LogP contribution in [0.15, 0.2) is 63.9 Å². The number of halogens is 1. The Morgan fingerprint density at radius 2 is 1.68 bits per heavy atom. The summed E-state index contributed by atoms with van der Waals surface area (Å²) >= 11 is 5.94. The van der Waals surface area contributed by atoms with Gasteiger partial charge >= 0.3 is 0 Å². The molecule has 0 radical (unpaired) electrons. The third kappa shape index (κ3) is 4.75. The van der Waals surface area contributed by atoms with Crippen LogP contribution in [-0.4, -0.2) is 34.1 Å². The number of benzene rings is 2. The van der Waals surface area contributed by atoms with Crippen molar-refractivity contribution in [1.29, 1.82) is 0 Å². The summed E-state index contributed by atoms with van der Waals surface area (Å²) in [5.74, 6) is 2.04. The average Bonchev–Trinajstić information content (AvgIpc) is 3.28. The Morgan fingerprint density at radius 3 is 2.35 bits per heavy atom. The zero-order valence-corrected chi connectivity index (χ0v) is 17.7. The van der Waals surface area contributed by atoms with E-state index in [1.54, 1.807) is 50.6 Å². The molecular formula is C22H19ClN4O4. The maximum absolute atomic E-state index is 12.2. The Kier molecular flexibility index (Phi) is 5.99. The number of nitrogens with zero attached hydrogens (tertiary/aromatic N) is 4. The van der Waals surface area contributed by atoms with Crippen molar-refractivity contribution in [1.82, 2.24) is 19.9 Å². The third-order valence-corrected chi connectivity index (χ3v) is 4.87. The highest BCUT2D eigenvalue weighted by atomic mass is 35.5. The molecule has 8 nitrogen and oxygen atoms in total. The van der Waals surface area contributed by atoms with Gasteiger partial charge in [0, 0.05) is 34.7 Å². The molecule has 0 aliphatic carbocycles. The van der Waals surface area contributed by atoms with E-state index in [0.717, 1.165) is 5.56 Å². The van der Waals surface area contributed by atoms with Crippen LogP contribution >= 0.6 is 11.6 Å². The van der Waals surface area contributed by atoms with Crippen molar-refractivity contribution < 1.29 is 14.0 Å². The molecule has 4 rings (SSSR count). The summed E-state index contributed by atoms with van der Waals surface area (Å²) < 4.78 is 17.3. The van der Waals surface area contributed by atoms with Crippen LogP contribution in [0.1, 0.15) is 5.89 Å². The van der Waals surface area contributed by atoms with Gasteiger partial charge in [-0.15, -0.1) is 0 Å². The molecular weight excluding hydrogens is 420 g/mol. The lowest BCUT2D eigenvalue weighted by Gasteiger charge is -2.06. The van der Waals surface area contributed by atoms with Crippen LogP contribution in [0.2, 0.25) is 5.02 Å². The van der Waals surface area contributed by atoms with Gasteiger partial charge in [-0.05, 0) is 30.3 Å². The van der Waals surface area contributed by atoms with Crippen molar-refractivity contribution >= 4 is 11.6 Å². The first-order valence-corrected chi connectivity index (χ1v) is 9.83. The molecule has 158 valence electrons. The van der Waals surface area contributed by atoms with Crippen LogP contribution in [-0.2, 0) is 13.0 Å². The summed E-state index contributed by atoms with van der Waals surface area (Å²) in [5.41, 5.74) is 2.03. The summed E-state index contributed by atoms with van der Waals surface area (Å²) in [6, 6.07) is 15.8. The molecule has 0 aliphatic heterocycles. The number of aromatic nitrogens is 4. The molecule has 0 saturated heterocycles. The van der Waals surface area contributed by atoms with Gasteiger partial charge in [0.25, 0.3) is 5.56 Å². The first-order chi connectivity index (χ1) is 15.1. The molecule has 0 unspecified atom stereocenters. The van der Waals surface area contributed by atoms with Crippen molar-refractivity contribution in [2.75, 3.05) is 14.2 Å². The Morgan fingerprint density at radius 1 is 0.968 bits per heavy atom. The maximum atomic E-state index is 12.2. The molecule has 0 aliphatic rings. The highest BCUT2D eigenvalue weighted by molar-refractivity contribution is 6.30. The van der Waals surface area contributed by atoms with Gasteiger partial charge in [0.05, 0.1) is 26.5 Å². The Hall–Kier alpha value is -3.65. The average molecular weight is 439 g/mol. The maximum Gasteiger partial charge on any atom is 0.266 e. The molecule has 4 aromatic rings. The molecule has 31 heavy (non-hydrogen) atoms. The van der Waals surface area contributed by atoms with Crippen LogP contribution in [0.3, 0.4) is 0 Å². The predicted molar refractivity (Wildman–Crippen MR) is 115 cm³/mol. The van der Waals surface area contributed by atoms with E-state index in [1.807, 2.05) is 12.1 Å². The molecule has 2 aromatic carbocycles. The van der Waals surface area contributed by atoms with E-state index >= 15 is 0 Å². The van der Waals surface area contributed by atoms with Crippen molar-refractivity contribution in [3.05, 3.63) is 75.9 Å². The summed E-state index contributed by atoms with van der Waals surface area (Å²) in [6.07, 6.45) is 0.352. The molecule has 0 atom stereocenters. The van der Waals surface area contributed by atoms with E-state index in [4.69, 9.17) is 25.6 Å². The van der Waals surface area contributed by atoms with Gasteiger partial charge in [-0.25, -0.2) is 4.68 Å². The molecule has 0 fully saturated rings. The van der Waals surface area contributed by atoms with E-state index in [2.05, 4.69) is 15.2 Å². The quantitative estimate of drug-likeness (QED) is 0.432. The second-order valence-corrected chi connectivity index (χ2v) is 7.09. The second-order valence-electron chi connectivity index (χ2n) is 6.65. The second kappa shape index (κ2) is 9.01. The molecule has 2 aromatic heterocycles. The largest absolute Gasteiger partial charge is 0.497 e. The van der Waals surface area contributed by atoms with Gasteiger partial charge in [-0.1, -0.05) is 28.9 Å². The fraction of sp³-hybridized carbons (Fsp3) is 0.182. The van der Waals surface area contributed by atoms with Crippen molar-refractivity contribution in [2.45, 2.75) is 13.0 Å². The van der Waals surface area contributed by atoms with Gasteiger partial charge in [0.15, 0.2) is 0 Å². The summed E-state index contributed by atoms with van der Waals surface area (Å²) in [4.78, 5) is 16.7. The number of rotatable bonds is 7. The van der Waals surface area contributed by atoms with Gasteiger partial charge in [-0.3, -0.25) is 4.79 Å². The summed E-state index contributed by atoms with van der Waals surface area (Å²) in [6.45, 7) is 0.295. The van der Waals surface area contributed by atoms with Crippen molar-refractivity contribution in [3.8, 4) is 34.1 Å². The molecule has 0 spiro atoms. The van der Waals surface area contributed by atoms with E-state index in [-0.39, 0.29) is 5.56 Å². The Labute approximate surface area is 183 Å². The first-order valence-electron chi connectivity index (χ1n) is 9.46. The molecule has 0 saturated carbocycles. The fourth-order valence-electron chi connectivity index (χ4n) is 3.00. The van der Waals surface area contributed by atoms with Gasteiger partial charge < -0.3 is 14.0 Å². The zero-order chi connectivity index (χ0) is 21.8. The minimum absolute atomic E-state index is 0.213. The Balaban J connectivity index is 1.52. The molecule has 2 heterocycles. The zero-order valence-electron chi connectivity index (χ0n) is 16.9. The molecule has 0 amide bonds. The van der Waals surface area contributed by atoms with Crippen LogP contribution in [0.4, 0.5) is 0 Å². The summed E-state index contributed by atoms with van der Waals surface area (Å²) in [5, 5.41) is 9.10. The molecule has 0 N–H and O–H groups in total. The first kappa shape index (κ1) is 20.6. The number of ether oxygens (including phenoxy) is 2. The van der Waals surface area contributed by atoms with E-state index < -0.39 is 0 Å². The number of hydrogen-bond acceptors (Lipinski definition) is 7. The Bertz CT molecular complexity index is 1230. The highest BCUT2D eigenvalue weighted by Crippen LogP contribution is 2.28.